The second-order valence-corrected chi connectivity index (χ2v) is 13.7. The number of hydrogen-bond donors (Lipinski definition) is 2. The molecule has 2 saturated carbocycles. The third-order valence-electron chi connectivity index (χ3n) is 10.7. The Morgan fingerprint density at radius 3 is 1.20 bits per heavy atom. The molecule has 0 radical (unpaired) electrons. The number of ether oxygens (including phenoxy) is 2. The molecule has 0 heterocycles. The van der Waals surface area contributed by atoms with Crippen LogP contribution in [-0.4, -0.2) is 0 Å². The summed E-state index contributed by atoms with van der Waals surface area (Å²) in [6.07, 6.45) is 16.3. The number of nitrogen functional groups attached to an aromatic ring is 2. The quantitative estimate of drug-likeness (QED) is 0.168. The van der Waals surface area contributed by atoms with Crippen LogP contribution >= 0.6 is 0 Å². The molecule has 2 aliphatic rings. The molecule has 236 valence electrons. The van der Waals surface area contributed by atoms with Gasteiger partial charge in [0.15, 0.2) is 0 Å². The van der Waals surface area contributed by atoms with Crippen LogP contribution in [0.15, 0.2) is 97.1 Å². The SMILES string of the molecule is CCCC1CCC(CCC2CCC(c3ccc(Oc4ccc(N)cc4)cc3)(c3ccc(Oc4ccc(N)cc4)cc3)CC2)CC1. The zero-order valence-electron chi connectivity index (χ0n) is 26.9. The Bertz CT molecular complexity index is 1370. The van der Waals surface area contributed by atoms with Crippen molar-refractivity contribution in [3.8, 4) is 23.0 Å². The summed E-state index contributed by atoms with van der Waals surface area (Å²) >= 11 is 0. The van der Waals surface area contributed by atoms with Crippen LogP contribution in [0.1, 0.15) is 95.1 Å². The molecule has 4 N–H and O–H groups in total. The van der Waals surface area contributed by atoms with Gasteiger partial charge in [-0.15, -0.1) is 0 Å². The Hall–Kier alpha value is -3.92. The Morgan fingerprint density at radius 2 is 0.822 bits per heavy atom. The van der Waals surface area contributed by atoms with Crippen molar-refractivity contribution in [2.75, 3.05) is 11.5 Å². The highest BCUT2D eigenvalue weighted by Gasteiger charge is 2.38. The van der Waals surface area contributed by atoms with E-state index < -0.39 is 0 Å². The average molecular weight is 603 g/mol. The predicted octanol–water partition coefficient (Wildman–Crippen LogP) is 11.3. The van der Waals surface area contributed by atoms with E-state index in [9.17, 15) is 0 Å². The first-order valence-corrected chi connectivity index (χ1v) is 17.3. The molecule has 0 unspecified atom stereocenters. The summed E-state index contributed by atoms with van der Waals surface area (Å²) in [5.41, 5.74) is 15.9. The summed E-state index contributed by atoms with van der Waals surface area (Å²) in [5, 5.41) is 0. The predicted molar refractivity (Wildman–Crippen MR) is 187 cm³/mol. The zero-order chi connectivity index (χ0) is 31.1. The van der Waals surface area contributed by atoms with Gasteiger partial charge in [0.1, 0.15) is 23.0 Å². The van der Waals surface area contributed by atoms with E-state index in [2.05, 4.69) is 55.5 Å². The van der Waals surface area contributed by atoms with Gasteiger partial charge in [-0.25, -0.2) is 0 Å². The van der Waals surface area contributed by atoms with Crippen molar-refractivity contribution in [2.24, 2.45) is 17.8 Å². The van der Waals surface area contributed by atoms with Gasteiger partial charge >= 0.3 is 0 Å². The van der Waals surface area contributed by atoms with E-state index >= 15 is 0 Å². The largest absolute Gasteiger partial charge is 0.457 e. The normalized spacial score (nSPS) is 20.0. The highest BCUT2D eigenvalue weighted by atomic mass is 16.5. The molecule has 4 heteroatoms. The first-order valence-electron chi connectivity index (χ1n) is 17.3. The van der Waals surface area contributed by atoms with Crippen molar-refractivity contribution in [1.29, 1.82) is 0 Å². The van der Waals surface area contributed by atoms with Crippen LogP contribution in [0, 0.1) is 17.8 Å². The number of hydrogen-bond acceptors (Lipinski definition) is 4. The van der Waals surface area contributed by atoms with Gasteiger partial charge in [0, 0.05) is 16.8 Å². The van der Waals surface area contributed by atoms with Gasteiger partial charge in [-0.2, -0.15) is 0 Å². The van der Waals surface area contributed by atoms with Gasteiger partial charge in [0.05, 0.1) is 0 Å². The molecule has 0 aliphatic heterocycles. The van der Waals surface area contributed by atoms with Crippen molar-refractivity contribution in [2.45, 2.75) is 89.4 Å². The van der Waals surface area contributed by atoms with Crippen molar-refractivity contribution in [3.63, 3.8) is 0 Å². The second kappa shape index (κ2) is 14.5. The lowest BCUT2D eigenvalue weighted by Crippen LogP contribution is -2.33. The lowest BCUT2D eigenvalue weighted by molar-refractivity contribution is 0.209. The van der Waals surface area contributed by atoms with Crippen molar-refractivity contribution >= 4 is 11.4 Å². The molecule has 0 saturated heterocycles. The zero-order valence-corrected chi connectivity index (χ0v) is 26.9. The van der Waals surface area contributed by atoms with E-state index in [1.165, 1.54) is 75.3 Å². The molecule has 45 heavy (non-hydrogen) atoms. The molecule has 4 nitrogen and oxygen atoms in total. The molecule has 2 aliphatic carbocycles. The summed E-state index contributed by atoms with van der Waals surface area (Å²) in [4.78, 5) is 0. The van der Waals surface area contributed by atoms with E-state index in [4.69, 9.17) is 20.9 Å². The molecule has 0 bridgehead atoms. The maximum absolute atomic E-state index is 6.14. The van der Waals surface area contributed by atoms with Crippen LogP contribution in [0.2, 0.25) is 0 Å². The molecule has 0 spiro atoms. The number of benzene rings is 4. The van der Waals surface area contributed by atoms with Crippen molar-refractivity contribution in [1.82, 2.24) is 0 Å². The molecule has 2 fully saturated rings. The topological polar surface area (TPSA) is 70.5 Å². The van der Waals surface area contributed by atoms with Gasteiger partial charge < -0.3 is 20.9 Å². The molecule has 6 rings (SSSR count). The first-order chi connectivity index (χ1) is 22.0. The summed E-state index contributed by atoms with van der Waals surface area (Å²) in [5.74, 6) is 6.04. The van der Waals surface area contributed by atoms with E-state index in [1.807, 2.05) is 48.5 Å². The van der Waals surface area contributed by atoms with Crippen LogP contribution in [0.5, 0.6) is 23.0 Å². The number of anilines is 2. The van der Waals surface area contributed by atoms with Crippen LogP contribution in [0.4, 0.5) is 11.4 Å². The Kier molecular flexibility index (Phi) is 9.98. The summed E-state index contributed by atoms with van der Waals surface area (Å²) < 4.78 is 12.3. The second-order valence-electron chi connectivity index (χ2n) is 13.7. The monoisotopic (exact) mass is 602 g/mol. The molecule has 0 amide bonds. The average Bonchev–Trinajstić information content (AvgIpc) is 3.08. The van der Waals surface area contributed by atoms with E-state index in [-0.39, 0.29) is 5.41 Å². The Labute approximate surface area is 270 Å². The summed E-state index contributed by atoms with van der Waals surface area (Å²) in [6.45, 7) is 2.34. The van der Waals surface area contributed by atoms with Crippen molar-refractivity contribution < 1.29 is 9.47 Å². The highest BCUT2D eigenvalue weighted by molar-refractivity contribution is 5.47. The molecular formula is C41H50N2O2. The molecular weight excluding hydrogens is 552 g/mol. The minimum Gasteiger partial charge on any atom is -0.457 e. The van der Waals surface area contributed by atoms with Gasteiger partial charge in [-0.05, 0) is 127 Å². The fraction of sp³-hybridized carbons (Fsp3) is 0.415. The molecule has 0 atom stereocenters. The number of rotatable bonds is 11. The maximum atomic E-state index is 6.14. The maximum Gasteiger partial charge on any atom is 0.127 e. The standard InChI is InChI=1S/C41H50N2O2/c1-2-3-30-4-6-31(7-5-30)8-9-32-26-28-41(29-27-32,33-10-18-37(19-11-33)44-39-22-14-35(42)15-23-39)34-12-20-38(21-13-34)45-40-24-16-36(43)17-25-40/h10-25,30-32H,2-9,26-29,42-43H2,1H3. The van der Waals surface area contributed by atoms with Crippen LogP contribution in [0.25, 0.3) is 0 Å². The third-order valence-corrected chi connectivity index (χ3v) is 10.7. The molecule has 0 aromatic heterocycles. The molecule has 4 aromatic carbocycles. The van der Waals surface area contributed by atoms with E-state index in [0.29, 0.717) is 0 Å². The van der Waals surface area contributed by atoms with Gasteiger partial charge in [-0.3, -0.25) is 0 Å². The molecule has 4 aromatic rings. The van der Waals surface area contributed by atoms with Crippen LogP contribution in [0.3, 0.4) is 0 Å². The smallest absolute Gasteiger partial charge is 0.127 e. The van der Waals surface area contributed by atoms with E-state index in [1.54, 1.807) is 0 Å². The van der Waals surface area contributed by atoms with Gasteiger partial charge in [-0.1, -0.05) is 82.6 Å². The van der Waals surface area contributed by atoms with Crippen molar-refractivity contribution in [3.05, 3.63) is 108 Å². The number of nitrogens with two attached hydrogens (primary N) is 2. The highest BCUT2D eigenvalue weighted by Crippen LogP contribution is 2.49. The van der Waals surface area contributed by atoms with Gasteiger partial charge in [0.2, 0.25) is 0 Å². The van der Waals surface area contributed by atoms with E-state index in [0.717, 1.165) is 65.0 Å². The summed E-state index contributed by atoms with van der Waals surface area (Å²) in [7, 11) is 0. The van der Waals surface area contributed by atoms with Gasteiger partial charge in [0.25, 0.3) is 0 Å². The minimum atomic E-state index is -0.0197. The first kappa shape index (κ1) is 31.1. The summed E-state index contributed by atoms with van der Waals surface area (Å²) in [6, 6.07) is 32.7. The Balaban J connectivity index is 1.16. The Morgan fingerprint density at radius 1 is 0.489 bits per heavy atom. The fourth-order valence-electron chi connectivity index (χ4n) is 7.92. The minimum absolute atomic E-state index is 0.0197. The lowest BCUT2D eigenvalue weighted by atomic mass is 9.62. The fourth-order valence-corrected chi connectivity index (χ4v) is 7.92. The lowest BCUT2D eigenvalue weighted by Gasteiger charge is -2.42. The van der Waals surface area contributed by atoms with Crippen LogP contribution < -0.4 is 20.9 Å². The third kappa shape index (κ3) is 7.84. The van der Waals surface area contributed by atoms with Crippen LogP contribution in [-0.2, 0) is 5.41 Å².